The van der Waals surface area contributed by atoms with E-state index in [4.69, 9.17) is 17.0 Å². The minimum atomic E-state index is 0.621. The summed E-state index contributed by atoms with van der Waals surface area (Å²) in [5.41, 5.74) is 2.25. The second-order valence-electron chi connectivity index (χ2n) is 4.55. The molecule has 0 spiro atoms. The van der Waals surface area contributed by atoms with E-state index in [1.165, 1.54) is 5.56 Å². The fourth-order valence-electron chi connectivity index (χ4n) is 2.30. The Morgan fingerprint density at radius 1 is 1.26 bits per heavy atom. The highest BCUT2D eigenvalue weighted by atomic mass is 32.1. The number of nitrogens with zero attached hydrogens (tertiary/aromatic N) is 3. The molecular formula is C13H16N4OS. The van der Waals surface area contributed by atoms with Crippen molar-refractivity contribution in [3.8, 4) is 5.69 Å². The lowest BCUT2D eigenvalue weighted by Gasteiger charge is -2.27. The molecule has 0 bridgehead atoms. The predicted molar refractivity (Wildman–Crippen MR) is 76.5 cm³/mol. The molecule has 5 nitrogen and oxygen atoms in total. The lowest BCUT2D eigenvalue weighted by Crippen LogP contribution is -2.37. The van der Waals surface area contributed by atoms with Crippen molar-refractivity contribution < 1.29 is 4.74 Å². The first kappa shape index (κ1) is 12.4. The number of hydrogen-bond donors (Lipinski definition) is 1. The molecule has 1 saturated heterocycles. The van der Waals surface area contributed by atoms with Gasteiger partial charge < -0.3 is 9.64 Å². The zero-order chi connectivity index (χ0) is 13.2. The average molecular weight is 276 g/mol. The highest BCUT2D eigenvalue weighted by Crippen LogP contribution is 2.21. The first-order valence-electron chi connectivity index (χ1n) is 6.33. The third kappa shape index (κ3) is 2.29. The van der Waals surface area contributed by atoms with E-state index >= 15 is 0 Å². The van der Waals surface area contributed by atoms with Crippen LogP contribution < -0.4 is 4.90 Å². The lowest BCUT2D eigenvalue weighted by atomic mass is 10.2. The van der Waals surface area contributed by atoms with Crippen molar-refractivity contribution in [3.05, 3.63) is 34.6 Å². The topological polar surface area (TPSA) is 46.1 Å². The maximum Gasteiger partial charge on any atom is 0.230 e. The Hall–Kier alpha value is -1.66. The third-order valence-corrected chi connectivity index (χ3v) is 3.58. The molecule has 1 fully saturated rings. The predicted octanol–water partition coefficient (Wildman–Crippen LogP) is 2.07. The molecule has 0 saturated carbocycles. The van der Waals surface area contributed by atoms with Gasteiger partial charge in [-0.1, -0.05) is 18.2 Å². The summed E-state index contributed by atoms with van der Waals surface area (Å²) in [5, 5.41) is 7.27. The van der Waals surface area contributed by atoms with Crippen molar-refractivity contribution in [3.63, 3.8) is 0 Å². The van der Waals surface area contributed by atoms with Gasteiger partial charge in [-0.25, -0.2) is 5.10 Å². The largest absolute Gasteiger partial charge is 0.378 e. The summed E-state index contributed by atoms with van der Waals surface area (Å²) in [4.78, 5) is 2.20. The van der Waals surface area contributed by atoms with Gasteiger partial charge in [-0.15, -0.1) is 5.10 Å². The fourth-order valence-corrected chi connectivity index (χ4v) is 2.52. The van der Waals surface area contributed by atoms with Crippen LogP contribution in [0.5, 0.6) is 0 Å². The summed E-state index contributed by atoms with van der Waals surface area (Å²) < 4.78 is 8.00. The molecule has 2 aromatic rings. The highest BCUT2D eigenvalue weighted by Gasteiger charge is 2.19. The molecule has 1 aromatic carbocycles. The molecule has 1 N–H and O–H groups in total. The van der Waals surface area contributed by atoms with Gasteiger partial charge in [0, 0.05) is 13.1 Å². The van der Waals surface area contributed by atoms with E-state index in [1.807, 2.05) is 16.7 Å². The van der Waals surface area contributed by atoms with E-state index in [-0.39, 0.29) is 0 Å². The molecule has 1 aliphatic heterocycles. The summed E-state index contributed by atoms with van der Waals surface area (Å²) in [6.45, 7) is 5.21. The van der Waals surface area contributed by atoms with Gasteiger partial charge in [0.1, 0.15) is 0 Å². The zero-order valence-electron chi connectivity index (χ0n) is 10.8. The number of anilines is 1. The van der Waals surface area contributed by atoms with Crippen molar-refractivity contribution >= 4 is 18.2 Å². The second kappa shape index (κ2) is 5.14. The third-order valence-electron chi connectivity index (χ3n) is 3.30. The van der Waals surface area contributed by atoms with Crippen LogP contribution in [0.25, 0.3) is 5.69 Å². The van der Waals surface area contributed by atoms with E-state index in [9.17, 15) is 0 Å². The van der Waals surface area contributed by atoms with Crippen molar-refractivity contribution in [1.82, 2.24) is 14.8 Å². The Morgan fingerprint density at radius 3 is 2.74 bits per heavy atom. The van der Waals surface area contributed by atoms with Crippen LogP contribution in [0.4, 0.5) is 5.95 Å². The molecule has 19 heavy (non-hydrogen) atoms. The molecule has 6 heteroatoms. The SMILES string of the molecule is Cc1ccccc1-n1c(N2CCOCC2)n[nH]c1=S. The van der Waals surface area contributed by atoms with Gasteiger partial charge in [-0.3, -0.25) is 4.57 Å². The monoisotopic (exact) mass is 276 g/mol. The van der Waals surface area contributed by atoms with Crippen molar-refractivity contribution in [2.24, 2.45) is 0 Å². The summed E-state index contributed by atoms with van der Waals surface area (Å²) in [6.07, 6.45) is 0. The standard InChI is InChI=1S/C13H16N4OS/c1-10-4-2-3-5-11(10)17-12(14-15-13(17)19)16-6-8-18-9-7-16/h2-5H,6-9H2,1H3,(H,15,19). The number of rotatable bonds is 2. The number of nitrogens with one attached hydrogen (secondary N) is 1. The number of ether oxygens (including phenoxy) is 1. The van der Waals surface area contributed by atoms with Gasteiger partial charge in [0.25, 0.3) is 0 Å². The molecule has 1 aliphatic rings. The van der Waals surface area contributed by atoms with Gasteiger partial charge in [-0.05, 0) is 30.8 Å². The summed E-state index contributed by atoms with van der Waals surface area (Å²) >= 11 is 5.37. The van der Waals surface area contributed by atoms with E-state index in [2.05, 4.69) is 34.2 Å². The molecule has 0 radical (unpaired) electrons. The number of aromatic nitrogens is 3. The summed E-state index contributed by atoms with van der Waals surface area (Å²) in [6, 6.07) is 8.18. The Balaban J connectivity index is 2.08. The molecule has 100 valence electrons. The molecule has 0 aliphatic carbocycles. The van der Waals surface area contributed by atoms with Crippen LogP contribution in [0.3, 0.4) is 0 Å². The molecule has 2 heterocycles. The van der Waals surface area contributed by atoms with Gasteiger partial charge >= 0.3 is 0 Å². The minimum absolute atomic E-state index is 0.621. The highest BCUT2D eigenvalue weighted by molar-refractivity contribution is 7.71. The van der Waals surface area contributed by atoms with Gasteiger partial charge in [-0.2, -0.15) is 0 Å². The molecule has 0 unspecified atom stereocenters. The fraction of sp³-hybridized carbons (Fsp3) is 0.385. The van der Waals surface area contributed by atoms with Crippen LogP contribution in [-0.2, 0) is 4.74 Å². The Kier molecular flexibility index (Phi) is 3.35. The first-order chi connectivity index (χ1) is 9.27. The van der Waals surface area contributed by atoms with Crippen LogP contribution in [0.1, 0.15) is 5.56 Å². The van der Waals surface area contributed by atoms with E-state index in [1.54, 1.807) is 0 Å². The van der Waals surface area contributed by atoms with Crippen LogP contribution in [0, 0.1) is 11.7 Å². The molecule has 0 atom stereocenters. The first-order valence-corrected chi connectivity index (χ1v) is 6.74. The molecular weight excluding hydrogens is 260 g/mol. The number of para-hydroxylation sites is 1. The van der Waals surface area contributed by atoms with Gasteiger partial charge in [0.15, 0.2) is 0 Å². The number of aromatic amines is 1. The summed E-state index contributed by atoms with van der Waals surface area (Å²) in [5.74, 6) is 0.864. The second-order valence-corrected chi connectivity index (χ2v) is 4.94. The van der Waals surface area contributed by atoms with Crippen LogP contribution in [0.2, 0.25) is 0 Å². The Labute approximate surface area is 116 Å². The Morgan fingerprint density at radius 2 is 2.00 bits per heavy atom. The normalized spacial score (nSPS) is 15.7. The number of aryl methyl sites for hydroxylation is 1. The Bertz CT molecular complexity index is 628. The van der Waals surface area contributed by atoms with Crippen LogP contribution >= 0.6 is 12.2 Å². The smallest absolute Gasteiger partial charge is 0.230 e. The lowest BCUT2D eigenvalue weighted by molar-refractivity contribution is 0.122. The maximum absolute atomic E-state index is 5.38. The summed E-state index contributed by atoms with van der Waals surface area (Å²) in [7, 11) is 0. The van der Waals surface area contributed by atoms with Crippen LogP contribution in [-0.4, -0.2) is 41.1 Å². The number of morpholine rings is 1. The quantitative estimate of drug-likeness (QED) is 0.853. The molecule has 3 rings (SSSR count). The average Bonchev–Trinajstić information content (AvgIpc) is 2.82. The molecule has 1 aromatic heterocycles. The minimum Gasteiger partial charge on any atom is -0.378 e. The van der Waals surface area contributed by atoms with Crippen molar-refractivity contribution in [2.75, 3.05) is 31.2 Å². The van der Waals surface area contributed by atoms with E-state index < -0.39 is 0 Å². The molecule has 0 amide bonds. The van der Waals surface area contributed by atoms with E-state index in [0.29, 0.717) is 4.77 Å². The van der Waals surface area contributed by atoms with Crippen LogP contribution in [0.15, 0.2) is 24.3 Å². The van der Waals surface area contributed by atoms with Gasteiger partial charge in [0.2, 0.25) is 10.7 Å². The number of H-pyrrole nitrogens is 1. The maximum atomic E-state index is 5.38. The van der Waals surface area contributed by atoms with Crippen molar-refractivity contribution in [1.29, 1.82) is 0 Å². The van der Waals surface area contributed by atoms with Crippen molar-refractivity contribution in [2.45, 2.75) is 6.92 Å². The van der Waals surface area contributed by atoms with Gasteiger partial charge in [0.05, 0.1) is 18.9 Å². The number of hydrogen-bond acceptors (Lipinski definition) is 4. The zero-order valence-corrected chi connectivity index (χ0v) is 11.6. The number of benzene rings is 1. The van der Waals surface area contributed by atoms with E-state index in [0.717, 1.165) is 37.9 Å².